The largest absolute Gasteiger partial charge is 0.370 e. The minimum absolute atomic E-state index is 0.0107. The van der Waals surface area contributed by atoms with Crippen LogP contribution in [0.15, 0.2) is 6.33 Å². The monoisotopic (exact) mass is 281 g/mol. The summed E-state index contributed by atoms with van der Waals surface area (Å²) < 4.78 is 0. The molecule has 0 fully saturated rings. The van der Waals surface area contributed by atoms with Gasteiger partial charge in [0.25, 0.3) is 0 Å². The number of carbonyl (C=O) groups excluding carboxylic acids is 2. The van der Waals surface area contributed by atoms with Crippen LogP contribution in [0, 0.1) is 0 Å². The predicted octanol–water partition coefficient (Wildman–Crippen LogP) is 1.20. The maximum absolute atomic E-state index is 11.8. The minimum atomic E-state index is -0.529. The fourth-order valence-corrected chi connectivity index (χ4v) is 1.96. The number of H-pyrrole nitrogens is 1. The molecule has 2 amide bonds. The van der Waals surface area contributed by atoms with Crippen molar-refractivity contribution in [1.82, 2.24) is 20.5 Å². The Kier molecular flexibility index (Phi) is 7.31. The van der Waals surface area contributed by atoms with Crippen LogP contribution in [0.5, 0.6) is 0 Å². The average molecular weight is 281 g/mol. The molecule has 112 valence electrons. The van der Waals surface area contributed by atoms with E-state index in [1.807, 2.05) is 0 Å². The van der Waals surface area contributed by atoms with E-state index in [0.29, 0.717) is 12.2 Å². The van der Waals surface area contributed by atoms with Crippen molar-refractivity contribution in [3.05, 3.63) is 12.2 Å². The number of hydrogen-bond acceptors (Lipinski definition) is 4. The molecule has 0 radical (unpaired) electrons. The summed E-state index contributed by atoms with van der Waals surface area (Å²) in [6, 6.07) is -0.529. The lowest BCUT2D eigenvalue weighted by atomic mass is 10.1. The van der Waals surface area contributed by atoms with Gasteiger partial charge in [0.2, 0.25) is 11.8 Å². The van der Waals surface area contributed by atoms with Crippen LogP contribution < -0.4 is 11.1 Å². The molecule has 0 bridgehead atoms. The highest BCUT2D eigenvalue weighted by Gasteiger charge is 2.19. The molecule has 0 spiro atoms. The number of amides is 2. The molecule has 1 atom stereocenters. The van der Waals surface area contributed by atoms with E-state index in [-0.39, 0.29) is 12.3 Å². The summed E-state index contributed by atoms with van der Waals surface area (Å²) in [6.45, 7) is 2.15. The van der Waals surface area contributed by atoms with Gasteiger partial charge in [-0.1, -0.05) is 32.6 Å². The van der Waals surface area contributed by atoms with Gasteiger partial charge in [0, 0.05) is 6.42 Å². The molecule has 1 aromatic rings. The maximum atomic E-state index is 11.8. The van der Waals surface area contributed by atoms with Crippen LogP contribution in [0.1, 0.15) is 63.7 Å². The van der Waals surface area contributed by atoms with Crippen molar-refractivity contribution in [3.63, 3.8) is 0 Å². The number of hydrogen-bond donors (Lipinski definition) is 3. The summed E-state index contributed by atoms with van der Waals surface area (Å²) in [5.74, 6) is -0.137. The Hall–Kier alpha value is -1.92. The fraction of sp³-hybridized carbons (Fsp3) is 0.692. The smallest absolute Gasteiger partial charge is 0.220 e. The highest BCUT2D eigenvalue weighted by molar-refractivity contribution is 5.78. The van der Waals surface area contributed by atoms with Gasteiger partial charge in [-0.2, -0.15) is 5.10 Å². The van der Waals surface area contributed by atoms with Gasteiger partial charge in [-0.25, -0.2) is 4.98 Å². The normalized spacial score (nSPS) is 12.1. The van der Waals surface area contributed by atoms with Crippen LogP contribution in [-0.2, 0) is 9.59 Å². The van der Waals surface area contributed by atoms with Gasteiger partial charge >= 0.3 is 0 Å². The van der Waals surface area contributed by atoms with E-state index in [4.69, 9.17) is 5.73 Å². The second-order valence-electron chi connectivity index (χ2n) is 4.83. The Morgan fingerprint density at radius 2 is 2.10 bits per heavy atom. The van der Waals surface area contributed by atoms with Crippen molar-refractivity contribution in [2.75, 3.05) is 0 Å². The minimum Gasteiger partial charge on any atom is -0.370 e. The van der Waals surface area contributed by atoms with E-state index in [1.54, 1.807) is 0 Å². The van der Waals surface area contributed by atoms with Crippen molar-refractivity contribution in [1.29, 1.82) is 0 Å². The number of primary amides is 1. The SMILES string of the molecule is CCCCCCCC(=O)N[C@H](CC(N)=O)c1ncn[nH]1. The van der Waals surface area contributed by atoms with Gasteiger partial charge in [-0.3, -0.25) is 14.7 Å². The zero-order chi connectivity index (χ0) is 14.8. The van der Waals surface area contributed by atoms with Crippen LogP contribution in [0.2, 0.25) is 0 Å². The van der Waals surface area contributed by atoms with Gasteiger partial charge < -0.3 is 11.1 Å². The number of nitrogens with two attached hydrogens (primary N) is 1. The van der Waals surface area contributed by atoms with Crippen molar-refractivity contribution >= 4 is 11.8 Å². The molecule has 0 aromatic carbocycles. The van der Waals surface area contributed by atoms with Gasteiger partial charge in [0.15, 0.2) is 0 Å². The number of carbonyl (C=O) groups is 2. The number of aromatic nitrogens is 3. The Bertz CT molecular complexity index is 405. The quantitative estimate of drug-likeness (QED) is 0.559. The third kappa shape index (κ3) is 6.31. The van der Waals surface area contributed by atoms with Crippen molar-refractivity contribution in [2.24, 2.45) is 5.73 Å². The third-order valence-corrected chi connectivity index (χ3v) is 3.01. The van der Waals surface area contributed by atoms with Crippen LogP contribution in [0.25, 0.3) is 0 Å². The summed E-state index contributed by atoms with van der Waals surface area (Å²) in [4.78, 5) is 26.8. The molecule has 0 aliphatic carbocycles. The van der Waals surface area contributed by atoms with E-state index in [1.165, 1.54) is 19.2 Å². The molecular weight excluding hydrogens is 258 g/mol. The van der Waals surface area contributed by atoms with Crippen molar-refractivity contribution in [2.45, 2.75) is 57.9 Å². The van der Waals surface area contributed by atoms with Gasteiger partial charge in [0.05, 0.1) is 12.5 Å². The Balaban J connectivity index is 2.37. The molecule has 20 heavy (non-hydrogen) atoms. The molecule has 0 aliphatic rings. The van der Waals surface area contributed by atoms with Crippen LogP contribution >= 0.6 is 0 Å². The molecule has 7 heteroatoms. The first kappa shape index (κ1) is 16.1. The second kappa shape index (κ2) is 9.06. The third-order valence-electron chi connectivity index (χ3n) is 3.01. The molecule has 0 unspecified atom stereocenters. The number of nitrogens with zero attached hydrogens (tertiary/aromatic N) is 2. The molecule has 1 aromatic heterocycles. The highest BCUT2D eigenvalue weighted by atomic mass is 16.2. The van der Waals surface area contributed by atoms with Crippen LogP contribution in [0.3, 0.4) is 0 Å². The predicted molar refractivity (Wildman–Crippen MR) is 74.5 cm³/mol. The number of rotatable bonds is 10. The molecule has 0 aliphatic heterocycles. The molecule has 0 saturated heterocycles. The molecule has 1 rings (SSSR count). The first-order valence-corrected chi connectivity index (χ1v) is 7.06. The van der Waals surface area contributed by atoms with Gasteiger partial charge in [-0.15, -0.1) is 0 Å². The molecule has 0 saturated carbocycles. The van der Waals surface area contributed by atoms with E-state index >= 15 is 0 Å². The van der Waals surface area contributed by atoms with Gasteiger partial charge in [-0.05, 0) is 6.42 Å². The summed E-state index contributed by atoms with van der Waals surface area (Å²) in [5, 5.41) is 9.13. The number of aromatic amines is 1. The molecule has 7 nitrogen and oxygen atoms in total. The maximum Gasteiger partial charge on any atom is 0.220 e. The van der Waals surface area contributed by atoms with Crippen molar-refractivity contribution in [3.8, 4) is 0 Å². The zero-order valence-corrected chi connectivity index (χ0v) is 11.9. The van der Waals surface area contributed by atoms with Gasteiger partial charge in [0.1, 0.15) is 12.2 Å². The summed E-state index contributed by atoms with van der Waals surface area (Å²) in [7, 11) is 0. The lowest BCUT2D eigenvalue weighted by Gasteiger charge is -2.14. The lowest BCUT2D eigenvalue weighted by Crippen LogP contribution is -2.32. The van der Waals surface area contributed by atoms with E-state index in [2.05, 4.69) is 27.4 Å². The second-order valence-corrected chi connectivity index (χ2v) is 4.83. The highest BCUT2D eigenvalue weighted by Crippen LogP contribution is 2.12. The first-order chi connectivity index (χ1) is 9.63. The van der Waals surface area contributed by atoms with Crippen LogP contribution in [-0.4, -0.2) is 27.0 Å². The number of nitrogens with one attached hydrogen (secondary N) is 2. The van der Waals surface area contributed by atoms with Crippen molar-refractivity contribution < 1.29 is 9.59 Å². The zero-order valence-electron chi connectivity index (χ0n) is 11.9. The number of unbranched alkanes of at least 4 members (excludes halogenated alkanes) is 4. The van der Waals surface area contributed by atoms with Crippen LogP contribution in [0.4, 0.5) is 0 Å². The fourth-order valence-electron chi connectivity index (χ4n) is 1.96. The van der Waals surface area contributed by atoms with E-state index in [0.717, 1.165) is 19.3 Å². The summed E-state index contributed by atoms with van der Waals surface area (Å²) in [6.07, 6.45) is 7.22. The molecule has 1 heterocycles. The average Bonchev–Trinajstić information content (AvgIpc) is 2.91. The molecular formula is C13H23N5O2. The Labute approximate surface area is 118 Å². The van der Waals surface area contributed by atoms with E-state index in [9.17, 15) is 9.59 Å². The Morgan fingerprint density at radius 3 is 2.70 bits per heavy atom. The Morgan fingerprint density at radius 1 is 1.35 bits per heavy atom. The molecule has 4 N–H and O–H groups in total. The topological polar surface area (TPSA) is 114 Å². The lowest BCUT2D eigenvalue weighted by molar-refractivity contribution is -0.122. The summed E-state index contributed by atoms with van der Waals surface area (Å²) in [5.41, 5.74) is 5.18. The standard InChI is InChI=1S/C13H23N5O2/c1-2-3-4-5-6-7-12(20)17-10(8-11(14)19)13-15-9-16-18-13/h9-10H,2-8H2,1H3,(H2,14,19)(H,17,20)(H,15,16,18)/t10-/m1/s1. The first-order valence-electron chi connectivity index (χ1n) is 7.06. The van der Waals surface area contributed by atoms with E-state index < -0.39 is 11.9 Å². The summed E-state index contributed by atoms with van der Waals surface area (Å²) >= 11 is 0.